The van der Waals surface area contributed by atoms with Crippen molar-refractivity contribution in [3.63, 3.8) is 0 Å². The van der Waals surface area contributed by atoms with Crippen LogP contribution >= 0.6 is 0 Å². The molecule has 2 heterocycles. The second-order valence-corrected chi connectivity index (χ2v) is 5.26. The highest BCUT2D eigenvalue weighted by Crippen LogP contribution is 2.15. The van der Waals surface area contributed by atoms with Crippen molar-refractivity contribution in [1.82, 2.24) is 19.7 Å². The van der Waals surface area contributed by atoms with Gasteiger partial charge in [-0.2, -0.15) is 13.5 Å². The molecule has 0 fully saturated rings. The molecule has 2 aromatic heterocycles. The summed E-state index contributed by atoms with van der Waals surface area (Å²) in [7, 11) is -2.23. The van der Waals surface area contributed by atoms with E-state index in [4.69, 9.17) is 10.9 Å². The number of hydrogen-bond acceptors (Lipinski definition) is 6. The average molecular weight is 285 g/mol. The summed E-state index contributed by atoms with van der Waals surface area (Å²) >= 11 is 0. The molecule has 0 radical (unpaired) electrons. The minimum absolute atomic E-state index is 0.0130. The zero-order valence-corrected chi connectivity index (χ0v) is 10.6. The molecular formula is C8H11N7O3S. The Balaban J connectivity index is 2.34. The van der Waals surface area contributed by atoms with E-state index in [2.05, 4.69) is 25.1 Å². The van der Waals surface area contributed by atoms with Crippen LogP contribution in [0, 0.1) is 0 Å². The SMILES string of the molecule is Cn1cnc(S(=O)(=O)Nc2[nH]ncc2C(N)=NO)c1. The number of oxime groups is 1. The number of aromatic amines is 1. The van der Waals surface area contributed by atoms with Gasteiger partial charge in [-0.1, -0.05) is 5.16 Å². The topological polar surface area (TPSA) is 151 Å². The molecule has 0 bridgehead atoms. The monoisotopic (exact) mass is 285 g/mol. The van der Waals surface area contributed by atoms with Crippen LogP contribution in [0.25, 0.3) is 0 Å². The lowest BCUT2D eigenvalue weighted by molar-refractivity contribution is 0.318. The molecule has 0 aromatic carbocycles. The molecule has 11 heteroatoms. The largest absolute Gasteiger partial charge is 0.409 e. The first kappa shape index (κ1) is 12.9. The van der Waals surface area contributed by atoms with E-state index in [1.165, 1.54) is 23.3 Å². The molecule has 0 saturated carbocycles. The number of nitrogens with zero attached hydrogens (tertiary/aromatic N) is 4. The maximum absolute atomic E-state index is 12.0. The molecule has 19 heavy (non-hydrogen) atoms. The highest BCUT2D eigenvalue weighted by molar-refractivity contribution is 7.92. The van der Waals surface area contributed by atoms with Crippen molar-refractivity contribution >= 4 is 21.7 Å². The molecule has 10 nitrogen and oxygen atoms in total. The summed E-state index contributed by atoms with van der Waals surface area (Å²) in [5.74, 6) is -0.284. The van der Waals surface area contributed by atoms with Gasteiger partial charge in [-0.15, -0.1) is 0 Å². The summed E-state index contributed by atoms with van der Waals surface area (Å²) in [6.07, 6.45) is 3.92. The lowest BCUT2D eigenvalue weighted by Gasteiger charge is -2.05. The molecule has 0 aliphatic rings. The number of rotatable bonds is 4. The smallest absolute Gasteiger partial charge is 0.282 e. The number of amidine groups is 1. The van der Waals surface area contributed by atoms with E-state index in [0.717, 1.165) is 0 Å². The maximum Gasteiger partial charge on any atom is 0.282 e. The summed E-state index contributed by atoms with van der Waals surface area (Å²) in [5, 5.41) is 17.2. The second kappa shape index (κ2) is 4.61. The quantitative estimate of drug-likeness (QED) is 0.246. The molecule has 5 N–H and O–H groups in total. The number of nitrogens with two attached hydrogens (primary N) is 1. The number of imidazole rings is 1. The van der Waals surface area contributed by atoms with Crippen LogP contribution in [0.4, 0.5) is 5.82 Å². The lowest BCUT2D eigenvalue weighted by Crippen LogP contribution is -2.19. The fourth-order valence-electron chi connectivity index (χ4n) is 1.33. The van der Waals surface area contributed by atoms with Gasteiger partial charge in [-0.05, 0) is 0 Å². The summed E-state index contributed by atoms with van der Waals surface area (Å²) < 4.78 is 27.7. The Kier molecular flexibility index (Phi) is 3.12. The summed E-state index contributed by atoms with van der Waals surface area (Å²) in [6.45, 7) is 0. The highest BCUT2D eigenvalue weighted by atomic mass is 32.2. The van der Waals surface area contributed by atoms with Gasteiger partial charge in [0, 0.05) is 13.2 Å². The summed E-state index contributed by atoms with van der Waals surface area (Å²) in [5.41, 5.74) is 5.51. The lowest BCUT2D eigenvalue weighted by atomic mass is 10.3. The van der Waals surface area contributed by atoms with Crippen LogP contribution in [0.2, 0.25) is 0 Å². The highest BCUT2D eigenvalue weighted by Gasteiger charge is 2.20. The standard InChI is InChI=1S/C8H11N7O3S/c1-15-3-6(10-4-15)19(17,18)14-8-5(2-11-12-8)7(9)13-16/h2-4,16H,1H3,(H2,9,13)(H2,11,12,14). The summed E-state index contributed by atoms with van der Waals surface area (Å²) in [4.78, 5) is 3.73. The predicted octanol–water partition coefficient (Wildman–Crippen LogP) is -0.961. The van der Waals surface area contributed by atoms with Crippen molar-refractivity contribution in [2.75, 3.05) is 4.72 Å². The Morgan fingerprint density at radius 3 is 2.95 bits per heavy atom. The number of anilines is 1. The van der Waals surface area contributed by atoms with Crippen LogP contribution < -0.4 is 10.5 Å². The minimum Gasteiger partial charge on any atom is -0.409 e. The fourth-order valence-corrected chi connectivity index (χ4v) is 2.35. The van der Waals surface area contributed by atoms with Crippen LogP contribution in [-0.2, 0) is 17.1 Å². The number of hydrogen-bond donors (Lipinski definition) is 4. The van der Waals surface area contributed by atoms with E-state index in [9.17, 15) is 8.42 Å². The van der Waals surface area contributed by atoms with Crippen molar-refractivity contribution in [1.29, 1.82) is 0 Å². The Labute approximate surface area is 108 Å². The second-order valence-electron chi connectivity index (χ2n) is 3.63. The number of H-pyrrole nitrogens is 1. The van der Waals surface area contributed by atoms with Crippen LogP contribution in [0.15, 0.2) is 28.9 Å². The van der Waals surface area contributed by atoms with Crippen LogP contribution in [-0.4, -0.2) is 39.2 Å². The van der Waals surface area contributed by atoms with E-state index in [1.54, 1.807) is 7.05 Å². The number of nitrogens with one attached hydrogen (secondary N) is 2. The Morgan fingerprint density at radius 2 is 2.37 bits per heavy atom. The molecule has 102 valence electrons. The van der Waals surface area contributed by atoms with Gasteiger partial charge in [0.1, 0.15) is 5.82 Å². The van der Waals surface area contributed by atoms with Gasteiger partial charge in [-0.25, -0.2) is 4.98 Å². The number of aromatic nitrogens is 4. The molecule has 0 aliphatic heterocycles. The van der Waals surface area contributed by atoms with Crippen LogP contribution in [0.5, 0.6) is 0 Å². The minimum atomic E-state index is -3.87. The predicted molar refractivity (Wildman–Crippen MR) is 65.1 cm³/mol. The molecule has 0 aliphatic carbocycles. The first-order chi connectivity index (χ1) is 8.94. The molecule has 2 aromatic rings. The Morgan fingerprint density at radius 1 is 1.63 bits per heavy atom. The molecule has 0 spiro atoms. The van der Waals surface area contributed by atoms with E-state index >= 15 is 0 Å². The molecule has 2 rings (SSSR count). The van der Waals surface area contributed by atoms with Gasteiger partial charge in [0.2, 0.25) is 0 Å². The van der Waals surface area contributed by atoms with Crippen molar-refractivity contribution in [3.05, 3.63) is 24.3 Å². The van der Waals surface area contributed by atoms with Crippen molar-refractivity contribution in [2.24, 2.45) is 17.9 Å². The van der Waals surface area contributed by atoms with Gasteiger partial charge in [0.25, 0.3) is 10.0 Å². The van der Waals surface area contributed by atoms with Crippen LogP contribution in [0.3, 0.4) is 0 Å². The molecule has 0 atom stereocenters. The maximum atomic E-state index is 12.0. The molecular weight excluding hydrogens is 274 g/mol. The Bertz CT molecular complexity index is 714. The normalized spacial score (nSPS) is 12.6. The van der Waals surface area contributed by atoms with E-state index in [0.29, 0.717) is 0 Å². The Hall–Kier alpha value is -2.56. The third-order valence-electron chi connectivity index (χ3n) is 2.22. The van der Waals surface area contributed by atoms with Gasteiger partial charge in [-0.3, -0.25) is 9.82 Å². The van der Waals surface area contributed by atoms with E-state index in [-0.39, 0.29) is 22.2 Å². The number of sulfonamides is 1. The van der Waals surface area contributed by atoms with Gasteiger partial charge in [0.05, 0.1) is 18.1 Å². The van der Waals surface area contributed by atoms with Crippen molar-refractivity contribution in [3.8, 4) is 0 Å². The first-order valence-corrected chi connectivity index (χ1v) is 6.44. The van der Waals surface area contributed by atoms with Gasteiger partial charge < -0.3 is 15.5 Å². The summed E-state index contributed by atoms with van der Waals surface area (Å²) in [6, 6.07) is 0. The molecule has 0 amide bonds. The van der Waals surface area contributed by atoms with Crippen molar-refractivity contribution in [2.45, 2.75) is 5.03 Å². The molecule has 0 unspecified atom stereocenters. The molecule has 0 saturated heterocycles. The number of aryl methyl sites for hydroxylation is 1. The third kappa shape index (κ3) is 2.49. The third-order valence-corrected chi connectivity index (χ3v) is 3.45. The van der Waals surface area contributed by atoms with Crippen LogP contribution in [0.1, 0.15) is 5.56 Å². The zero-order valence-electron chi connectivity index (χ0n) is 9.77. The average Bonchev–Trinajstić information content (AvgIpc) is 2.97. The van der Waals surface area contributed by atoms with Gasteiger partial charge >= 0.3 is 0 Å². The van der Waals surface area contributed by atoms with E-state index < -0.39 is 10.0 Å². The van der Waals surface area contributed by atoms with Gasteiger partial charge in [0.15, 0.2) is 10.9 Å². The zero-order chi connectivity index (χ0) is 14.0. The first-order valence-electron chi connectivity index (χ1n) is 4.96. The fraction of sp³-hybridized carbons (Fsp3) is 0.125. The van der Waals surface area contributed by atoms with Crippen molar-refractivity contribution < 1.29 is 13.6 Å². The van der Waals surface area contributed by atoms with E-state index in [1.807, 2.05) is 0 Å².